The van der Waals surface area contributed by atoms with E-state index < -0.39 is 11.8 Å². The van der Waals surface area contributed by atoms with Crippen LogP contribution in [0.4, 0.5) is 26.3 Å². The molecule has 0 atom stereocenters. The molecule has 5 heterocycles. The first kappa shape index (κ1) is 40.4. The number of carbonyl (C=O) groups excluding carboxylic acids is 2. The van der Waals surface area contributed by atoms with Crippen LogP contribution in [0.3, 0.4) is 0 Å². The van der Waals surface area contributed by atoms with Crippen LogP contribution in [0.15, 0.2) is 42.5 Å². The molecule has 296 valence electrons. The van der Waals surface area contributed by atoms with Crippen molar-refractivity contribution < 1.29 is 28.6 Å². The molecule has 0 saturated carbocycles. The molecule has 2 N–H and O–H groups in total. The highest BCUT2D eigenvalue weighted by Gasteiger charge is 2.28. The fourth-order valence-corrected chi connectivity index (χ4v) is 9.13. The van der Waals surface area contributed by atoms with Crippen LogP contribution in [0.2, 0.25) is 0 Å². The van der Waals surface area contributed by atoms with Gasteiger partial charge in [0.05, 0.1) is 23.4 Å². The summed E-state index contributed by atoms with van der Waals surface area (Å²) < 4.78 is 21.9. The number of aryl methyl sites for hydroxylation is 1. The van der Waals surface area contributed by atoms with E-state index in [9.17, 15) is 23.9 Å². The molecule has 2 aliphatic heterocycles. The standard InChI is InChI=1S/C40H40FIN8O5S2/c1-25-27-9-6-18-50(37(27)47-46-36(25)45-39-43-29-10-2-3-11-31(29)56-39)40-44-35(38(53)54)32(57-40)12-7-23-55-30-16-15-26(24-28(30)41)8-5-17-48-19-21-49(22-20-48)34(52)14-4-13-33(42)51/h2-3,10-11,15-16,24H,4,6-7,9,12-14,17-23H2,1H3,(H,53,54)(H,43,45,46). The van der Waals surface area contributed by atoms with Gasteiger partial charge in [-0.3, -0.25) is 14.5 Å². The van der Waals surface area contributed by atoms with E-state index in [-0.39, 0.29) is 27.7 Å². The van der Waals surface area contributed by atoms with Crippen LogP contribution in [0.25, 0.3) is 10.2 Å². The van der Waals surface area contributed by atoms with Crippen LogP contribution in [0.5, 0.6) is 5.75 Å². The minimum Gasteiger partial charge on any atom is -0.491 e. The predicted octanol–water partition coefficient (Wildman–Crippen LogP) is 7.16. The highest BCUT2D eigenvalue weighted by Crippen LogP contribution is 2.39. The van der Waals surface area contributed by atoms with Crippen molar-refractivity contribution in [3.63, 3.8) is 0 Å². The highest BCUT2D eigenvalue weighted by molar-refractivity contribution is 14.1. The van der Waals surface area contributed by atoms with E-state index in [0.717, 1.165) is 39.3 Å². The Balaban J connectivity index is 0.909. The van der Waals surface area contributed by atoms with Crippen molar-refractivity contribution in [3.8, 4) is 17.6 Å². The Hall–Kier alpha value is -4.77. The van der Waals surface area contributed by atoms with Crippen molar-refractivity contribution in [2.24, 2.45) is 0 Å². The van der Waals surface area contributed by atoms with Gasteiger partial charge in [0.25, 0.3) is 0 Å². The third kappa shape index (κ3) is 10.0. The van der Waals surface area contributed by atoms with Crippen molar-refractivity contribution in [2.45, 2.75) is 51.9 Å². The highest BCUT2D eigenvalue weighted by atomic mass is 127. The average Bonchev–Trinajstić information content (AvgIpc) is 3.82. The number of fused-ring (bicyclic) bond motifs is 2. The van der Waals surface area contributed by atoms with Gasteiger partial charge in [0, 0.05) is 67.1 Å². The molecule has 2 aliphatic rings. The number of carboxylic acid groups (broad SMARTS) is 1. The van der Waals surface area contributed by atoms with Gasteiger partial charge in [0.15, 0.2) is 42.9 Å². The largest absolute Gasteiger partial charge is 0.491 e. The molecule has 0 spiro atoms. The van der Waals surface area contributed by atoms with Crippen molar-refractivity contribution >= 4 is 93.0 Å². The Morgan fingerprint density at radius 3 is 2.61 bits per heavy atom. The summed E-state index contributed by atoms with van der Waals surface area (Å²) in [4.78, 5) is 51.5. The maximum absolute atomic E-state index is 15.0. The third-order valence-corrected chi connectivity index (χ3v) is 12.4. The molecule has 0 radical (unpaired) electrons. The van der Waals surface area contributed by atoms with Crippen LogP contribution in [0, 0.1) is 24.6 Å². The molecule has 1 saturated heterocycles. The first-order chi connectivity index (χ1) is 27.6. The molecule has 0 bridgehead atoms. The fourth-order valence-electron chi connectivity index (χ4n) is 6.76. The molecule has 0 unspecified atom stereocenters. The van der Waals surface area contributed by atoms with E-state index in [1.54, 1.807) is 46.1 Å². The van der Waals surface area contributed by atoms with E-state index >= 15 is 0 Å². The van der Waals surface area contributed by atoms with Gasteiger partial charge in [-0.2, -0.15) is 0 Å². The van der Waals surface area contributed by atoms with Crippen LogP contribution in [0.1, 0.15) is 64.2 Å². The summed E-state index contributed by atoms with van der Waals surface area (Å²) in [5, 5.41) is 23.7. The van der Waals surface area contributed by atoms with E-state index in [2.05, 4.69) is 42.2 Å². The maximum Gasteiger partial charge on any atom is 0.355 e. The van der Waals surface area contributed by atoms with Gasteiger partial charge >= 0.3 is 5.97 Å². The minimum absolute atomic E-state index is 0.00805. The molecule has 13 nitrogen and oxygen atoms in total. The van der Waals surface area contributed by atoms with Crippen LogP contribution in [-0.2, 0) is 22.4 Å². The van der Waals surface area contributed by atoms with Crippen molar-refractivity contribution in [2.75, 3.05) is 56.1 Å². The number of halogens is 2. The summed E-state index contributed by atoms with van der Waals surface area (Å²) in [6.45, 7) is 5.97. The number of amides is 1. The van der Waals surface area contributed by atoms with Crippen molar-refractivity contribution in [3.05, 3.63) is 75.5 Å². The predicted molar refractivity (Wildman–Crippen MR) is 227 cm³/mol. The van der Waals surface area contributed by atoms with E-state index in [1.165, 1.54) is 17.4 Å². The summed E-state index contributed by atoms with van der Waals surface area (Å²) in [6.07, 6.45) is 3.87. The number of ether oxygens (including phenoxy) is 1. The van der Waals surface area contributed by atoms with Gasteiger partial charge in [-0.25, -0.2) is 19.2 Å². The second-order valence-electron chi connectivity index (χ2n) is 13.7. The summed E-state index contributed by atoms with van der Waals surface area (Å²) in [6, 6.07) is 12.6. The van der Waals surface area contributed by atoms with Crippen molar-refractivity contribution in [1.29, 1.82) is 0 Å². The Morgan fingerprint density at radius 2 is 1.84 bits per heavy atom. The number of piperazine rings is 1. The zero-order valence-electron chi connectivity index (χ0n) is 31.2. The lowest BCUT2D eigenvalue weighted by Gasteiger charge is -2.33. The van der Waals surface area contributed by atoms with Gasteiger partial charge in [0.2, 0.25) is 5.91 Å². The Labute approximate surface area is 350 Å². The fraction of sp³-hybridized carbons (Fsp3) is 0.375. The number of hydrogen-bond donors (Lipinski definition) is 2. The number of carboxylic acids is 1. The molecule has 57 heavy (non-hydrogen) atoms. The molecular formula is C40H40FIN8O5S2. The lowest BCUT2D eigenvalue weighted by Crippen LogP contribution is -2.48. The number of rotatable bonds is 14. The molecule has 1 amide bonds. The van der Waals surface area contributed by atoms with E-state index in [4.69, 9.17) is 4.74 Å². The van der Waals surface area contributed by atoms with Gasteiger partial charge in [0.1, 0.15) is 0 Å². The number of benzene rings is 2. The Kier molecular flexibility index (Phi) is 13.2. The molecule has 17 heteroatoms. The number of aromatic carboxylic acids is 1. The lowest BCUT2D eigenvalue weighted by atomic mass is 10.0. The summed E-state index contributed by atoms with van der Waals surface area (Å²) in [7, 11) is 0. The third-order valence-electron chi connectivity index (χ3n) is 9.79. The van der Waals surface area contributed by atoms with Crippen LogP contribution >= 0.6 is 45.3 Å². The number of nitrogens with zero attached hydrogens (tertiary/aromatic N) is 7. The zero-order valence-corrected chi connectivity index (χ0v) is 35.0. The van der Waals surface area contributed by atoms with Crippen LogP contribution in [-0.4, -0.2) is 96.6 Å². The first-order valence-electron chi connectivity index (χ1n) is 18.7. The van der Waals surface area contributed by atoms with Gasteiger partial charge in [-0.05, 0) is 92.0 Å². The van der Waals surface area contributed by atoms with E-state index in [0.29, 0.717) is 98.6 Å². The Bertz CT molecular complexity index is 2320. The number of carbonyl (C=O) groups is 3. The second kappa shape index (κ2) is 18.7. The number of thiazole rings is 2. The normalized spacial score (nSPS) is 14.2. The SMILES string of the molecule is Cc1c(Nc2nc3ccccc3s2)nnc2c1CCCN2c1nc(C(=O)O)c(CCCOc2ccc(C#CCN3CCN(C(=O)CCCC(=O)I)CC3)cc2F)s1. The molecule has 5 aromatic rings. The molecule has 2 aromatic carbocycles. The molecular weight excluding hydrogens is 883 g/mol. The maximum atomic E-state index is 15.0. The summed E-state index contributed by atoms with van der Waals surface area (Å²) >= 11 is 4.62. The smallest absolute Gasteiger partial charge is 0.355 e. The van der Waals surface area contributed by atoms with E-state index in [1.807, 2.05) is 41.0 Å². The minimum atomic E-state index is -1.11. The number of para-hydroxylation sites is 1. The quantitative estimate of drug-likeness (QED) is 0.0503. The topological polar surface area (TPSA) is 154 Å². The molecule has 3 aromatic heterocycles. The van der Waals surface area contributed by atoms with Gasteiger partial charge in [-0.15, -0.1) is 21.5 Å². The molecule has 0 aliphatic carbocycles. The Morgan fingerprint density at radius 1 is 1.02 bits per heavy atom. The number of anilines is 4. The van der Waals surface area contributed by atoms with Crippen molar-refractivity contribution in [1.82, 2.24) is 30.0 Å². The van der Waals surface area contributed by atoms with Crippen LogP contribution < -0.4 is 15.0 Å². The second-order valence-corrected chi connectivity index (χ2v) is 17.0. The average molecular weight is 923 g/mol. The summed E-state index contributed by atoms with van der Waals surface area (Å²) in [5.41, 5.74) is 3.43. The zero-order chi connectivity index (χ0) is 39.9. The number of nitrogens with one attached hydrogen (secondary N) is 1. The first-order valence-corrected chi connectivity index (χ1v) is 21.4. The number of aromatic nitrogens is 4. The summed E-state index contributed by atoms with van der Waals surface area (Å²) in [5.74, 6) is 5.96. The molecule has 1 fully saturated rings. The van der Waals surface area contributed by atoms with Gasteiger partial charge < -0.3 is 25.0 Å². The lowest BCUT2D eigenvalue weighted by molar-refractivity contribution is -0.133. The van der Waals surface area contributed by atoms with Gasteiger partial charge in [-0.1, -0.05) is 35.3 Å². The molecule has 7 rings (SSSR count). The number of hydrogen-bond acceptors (Lipinski definition) is 13. The monoisotopic (exact) mass is 922 g/mol.